The van der Waals surface area contributed by atoms with Crippen molar-refractivity contribution in [3.63, 3.8) is 0 Å². The van der Waals surface area contributed by atoms with Crippen LogP contribution in [0.3, 0.4) is 0 Å². The van der Waals surface area contributed by atoms with E-state index >= 15 is 0 Å². The molecule has 0 bridgehead atoms. The minimum Gasteiger partial charge on any atom is -0.492 e. The average Bonchev–Trinajstić information content (AvgIpc) is 2.48. The lowest BCUT2D eigenvalue weighted by atomic mass is 10.2. The smallest absolute Gasteiger partial charge is 0.256 e. The summed E-state index contributed by atoms with van der Waals surface area (Å²) in [6, 6.07) is 11.8. The van der Waals surface area contributed by atoms with Crippen LogP contribution >= 0.6 is 31.9 Å². The van der Waals surface area contributed by atoms with Crippen LogP contribution in [-0.2, 0) is 0 Å². The van der Waals surface area contributed by atoms with Gasteiger partial charge in [0.15, 0.2) is 0 Å². The highest BCUT2D eigenvalue weighted by Crippen LogP contribution is 2.17. The van der Waals surface area contributed by atoms with Crippen molar-refractivity contribution in [3.05, 3.63) is 62.8 Å². The fourth-order valence-electron chi connectivity index (χ4n) is 1.80. The first-order valence-corrected chi connectivity index (χ1v) is 8.15. The SMILES string of the molecule is CN(CCOc1ccc(Br)cc1)C(=O)c1ccc(Br)cc1F. The Morgan fingerprint density at radius 3 is 2.41 bits per heavy atom. The molecule has 2 aromatic carbocycles. The van der Waals surface area contributed by atoms with E-state index in [1.165, 1.54) is 17.0 Å². The van der Waals surface area contributed by atoms with E-state index in [2.05, 4.69) is 31.9 Å². The molecule has 6 heteroatoms. The number of hydrogen-bond acceptors (Lipinski definition) is 2. The third-order valence-electron chi connectivity index (χ3n) is 3.02. The van der Waals surface area contributed by atoms with Crippen LogP contribution in [0.5, 0.6) is 5.75 Å². The molecule has 0 unspecified atom stereocenters. The van der Waals surface area contributed by atoms with Crippen molar-refractivity contribution >= 4 is 37.8 Å². The Balaban J connectivity index is 1.90. The fourth-order valence-corrected chi connectivity index (χ4v) is 2.40. The zero-order valence-corrected chi connectivity index (χ0v) is 15.0. The number of carbonyl (C=O) groups excluding carboxylic acids is 1. The lowest BCUT2D eigenvalue weighted by molar-refractivity contribution is 0.0769. The number of ether oxygens (including phenoxy) is 1. The van der Waals surface area contributed by atoms with E-state index in [-0.39, 0.29) is 11.5 Å². The first-order chi connectivity index (χ1) is 10.5. The van der Waals surface area contributed by atoms with Gasteiger partial charge in [0.05, 0.1) is 12.1 Å². The lowest BCUT2D eigenvalue weighted by Gasteiger charge is -2.18. The first kappa shape index (κ1) is 17.0. The Hall–Kier alpha value is -1.40. The third kappa shape index (κ3) is 4.55. The topological polar surface area (TPSA) is 29.5 Å². The number of benzene rings is 2. The van der Waals surface area contributed by atoms with Crippen molar-refractivity contribution in [1.29, 1.82) is 0 Å². The van der Waals surface area contributed by atoms with Gasteiger partial charge >= 0.3 is 0 Å². The summed E-state index contributed by atoms with van der Waals surface area (Å²) < 4.78 is 20.9. The van der Waals surface area contributed by atoms with Gasteiger partial charge in [0.2, 0.25) is 0 Å². The quantitative estimate of drug-likeness (QED) is 0.698. The summed E-state index contributed by atoms with van der Waals surface area (Å²) in [6.07, 6.45) is 0. The van der Waals surface area contributed by atoms with Crippen LogP contribution in [-0.4, -0.2) is 31.0 Å². The van der Waals surface area contributed by atoms with E-state index < -0.39 is 5.82 Å². The molecule has 2 aromatic rings. The summed E-state index contributed by atoms with van der Waals surface area (Å²) in [6.45, 7) is 0.701. The molecule has 0 saturated carbocycles. The molecule has 0 fully saturated rings. The molecule has 0 atom stereocenters. The second-order valence-corrected chi connectivity index (χ2v) is 6.48. The molecule has 0 aliphatic carbocycles. The van der Waals surface area contributed by atoms with Crippen LogP contribution in [0.1, 0.15) is 10.4 Å². The standard InChI is InChI=1S/C16H14Br2FNO2/c1-20(8-9-22-13-5-2-11(17)3-6-13)16(21)14-7-4-12(18)10-15(14)19/h2-7,10H,8-9H2,1H3. The maximum atomic E-state index is 13.8. The second-order valence-electron chi connectivity index (χ2n) is 4.65. The lowest BCUT2D eigenvalue weighted by Crippen LogP contribution is -2.31. The van der Waals surface area contributed by atoms with Crippen molar-refractivity contribution in [1.82, 2.24) is 4.90 Å². The van der Waals surface area contributed by atoms with Crippen molar-refractivity contribution in [2.75, 3.05) is 20.2 Å². The molecule has 2 rings (SSSR count). The van der Waals surface area contributed by atoms with Crippen LogP contribution in [0.15, 0.2) is 51.4 Å². The Morgan fingerprint density at radius 1 is 1.14 bits per heavy atom. The van der Waals surface area contributed by atoms with Crippen LogP contribution in [0.4, 0.5) is 4.39 Å². The van der Waals surface area contributed by atoms with Crippen molar-refractivity contribution in [2.24, 2.45) is 0 Å². The third-order valence-corrected chi connectivity index (χ3v) is 4.04. The van der Waals surface area contributed by atoms with E-state index in [1.807, 2.05) is 24.3 Å². The van der Waals surface area contributed by atoms with E-state index in [0.717, 1.165) is 10.2 Å². The molecular formula is C16H14Br2FNO2. The Labute approximate surface area is 145 Å². The van der Waals surface area contributed by atoms with Gasteiger partial charge in [-0.1, -0.05) is 31.9 Å². The predicted molar refractivity (Wildman–Crippen MR) is 90.7 cm³/mol. The van der Waals surface area contributed by atoms with Gasteiger partial charge in [-0.2, -0.15) is 0 Å². The zero-order valence-electron chi connectivity index (χ0n) is 11.9. The largest absolute Gasteiger partial charge is 0.492 e. The molecule has 1 amide bonds. The predicted octanol–water partition coefficient (Wildman–Crippen LogP) is 4.50. The van der Waals surface area contributed by atoms with Gasteiger partial charge < -0.3 is 9.64 Å². The van der Waals surface area contributed by atoms with Crippen molar-refractivity contribution in [2.45, 2.75) is 0 Å². The number of rotatable bonds is 5. The number of carbonyl (C=O) groups is 1. The Bertz CT molecular complexity index is 662. The molecule has 3 nitrogen and oxygen atoms in total. The van der Waals surface area contributed by atoms with Gasteiger partial charge in [-0.05, 0) is 42.5 Å². The molecule has 22 heavy (non-hydrogen) atoms. The first-order valence-electron chi connectivity index (χ1n) is 6.56. The summed E-state index contributed by atoms with van der Waals surface area (Å²) in [5, 5.41) is 0. The molecular weight excluding hydrogens is 417 g/mol. The van der Waals surface area contributed by atoms with Crippen molar-refractivity contribution < 1.29 is 13.9 Å². The van der Waals surface area contributed by atoms with Crippen LogP contribution in [0.2, 0.25) is 0 Å². The molecule has 0 heterocycles. The van der Waals surface area contributed by atoms with E-state index in [9.17, 15) is 9.18 Å². The fraction of sp³-hybridized carbons (Fsp3) is 0.188. The normalized spacial score (nSPS) is 10.4. The molecule has 0 aliphatic heterocycles. The maximum absolute atomic E-state index is 13.8. The molecule has 0 aromatic heterocycles. The van der Waals surface area contributed by atoms with E-state index in [4.69, 9.17) is 4.74 Å². The van der Waals surface area contributed by atoms with Gasteiger partial charge in [0.25, 0.3) is 5.91 Å². The number of likely N-dealkylation sites (N-methyl/N-ethyl adjacent to an activating group) is 1. The highest BCUT2D eigenvalue weighted by Gasteiger charge is 2.16. The summed E-state index contributed by atoms with van der Waals surface area (Å²) in [7, 11) is 1.62. The number of halogens is 3. The number of nitrogens with zero attached hydrogens (tertiary/aromatic N) is 1. The minimum atomic E-state index is -0.542. The van der Waals surface area contributed by atoms with Crippen molar-refractivity contribution in [3.8, 4) is 5.75 Å². The summed E-state index contributed by atoms with van der Waals surface area (Å²) in [4.78, 5) is 13.6. The van der Waals surface area contributed by atoms with Gasteiger partial charge in [-0.3, -0.25) is 4.79 Å². The molecule has 0 spiro atoms. The summed E-state index contributed by atoms with van der Waals surface area (Å²) in [5.41, 5.74) is 0.0503. The molecule has 0 aliphatic rings. The van der Waals surface area contributed by atoms with E-state index in [0.29, 0.717) is 17.6 Å². The highest BCUT2D eigenvalue weighted by molar-refractivity contribution is 9.10. The van der Waals surface area contributed by atoms with Gasteiger partial charge in [-0.25, -0.2) is 4.39 Å². The van der Waals surface area contributed by atoms with Gasteiger partial charge in [-0.15, -0.1) is 0 Å². The molecule has 0 radical (unpaired) electrons. The molecule has 116 valence electrons. The zero-order chi connectivity index (χ0) is 16.1. The monoisotopic (exact) mass is 429 g/mol. The number of amides is 1. The Kier molecular flexibility index (Phi) is 5.97. The summed E-state index contributed by atoms with van der Waals surface area (Å²) >= 11 is 6.51. The average molecular weight is 431 g/mol. The van der Waals surface area contributed by atoms with Crippen LogP contribution in [0, 0.1) is 5.82 Å². The number of hydrogen-bond donors (Lipinski definition) is 0. The second kappa shape index (κ2) is 7.74. The maximum Gasteiger partial charge on any atom is 0.256 e. The van der Waals surface area contributed by atoms with Gasteiger partial charge in [0.1, 0.15) is 18.2 Å². The van der Waals surface area contributed by atoms with Crippen LogP contribution in [0.25, 0.3) is 0 Å². The highest BCUT2D eigenvalue weighted by atomic mass is 79.9. The van der Waals surface area contributed by atoms with E-state index in [1.54, 1.807) is 13.1 Å². The van der Waals surface area contributed by atoms with Crippen LogP contribution < -0.4 is 4.74 Å². The molecule has 0 saturated heterocycles. The Morgan fingerprint density at radius 2 is 1.77 bits per heavy atom. The summed E-state index contributed by atoms with van der Waals surface area (Å²) in [5.74, 6) is -0.191. The van der Waals surface area contributed by atoms with Gasteiger partial charge in [0, 0.05) is 16.0 Å². The molecule has 0 N–H and O–H groups in total. The minimum absolute atomic E-state index is 0.0503.